The molecular formula is C17H16BrN3O4S. The Kier molecular flexibility index (Phi) is 7.37. The largest absolute Gasteiger partial charge is 0.484 e. The third kappa shape index (κ3) is 7.08. The van der Waals surface area contributed by atoms with E-state index in [2.05, 4.69) is 32.1 Å². The van der Waals surface area contributed by atoms with Crippen LogP contribution >= 0.6 is 28.1 Å². The third-order valence-electron chi connectivity index (χ3n) is 2.90. The van der Waals surface area contributed by atoms with Crippen LogP contribution in [0.3, 0.4) is 0 Å². The Morgan fingerprint density at radius 2 is 1.92 bits per heavy atom. The first-order valence-corrected chi connectivity index (χ1v) is 8.65. The van der Waals surface area contributed by atoms with Crippen LogP contribution in [-0.4, -0.2) is 23.5 Å². The molecule has 0 spiro atoms. The molecule has 0 fully saturated rings. The van der Waals surface area contributed by atoms with Crippen molar-refractivity contribution in [3.63, 3.8) is 0 Å². The highest BCUT2D eigenvalue weighted by atomic mass is 79.9. The van der Waals surface area contributed by atoms with Crippen LogP contribution in [0.5, 0.6) is 5.75 Å². The Labute approximate surface area is 163 Å². The molecule has 1 aromatic heterocycles. The van der Waals surface area contributed by atoms with Gasteiger partial charge in [0.2, 0.25) is 5.91 Å². The molecule has 2 amide bonds. The molecule has 9 heteroatoms. The summed E-state index contributed by atoms with van der Waals surface area (Å²) >= 11 is 8.22. The topological polar surface area (TPSA) is 92.6 Å². The predicted molar refractivity (Wildman–Crippen MR) is 104 cm³/mol. The predicted octanol–water partition coefficient (Wildman–Crippen LogP) is 2.46. The number of halogens is 1. The summed E-state index contributed by atoms with van der Waals surface area (Å²) in [5.41, 5.74) is 4.74. The molecule has 0 saturated carbocycles. The Bertz CT molecular complexity index is 818. The summed E-state index contributed by atoms with van der Waals surface area (Å²) < 4.78 is 11.5. The summed E-state index contributed by atoms with van der Waals surface area (Å²) in [4.78, 5) is 23.4. The van der Waals surface area contributed by atoms with Crippen molar-refractivity contribution in [1.29, 1.82) is 0 Å². The van der Waals surface area contributed by atoms with Gasteiger partial charge in [0.05, 0.1) is 0 Å². The number of amides is 2. The van der Waals surface area contributed by atoms with E-state index in [-0.39, 0.29) is 11.7 Å². The molecule has 136 valence electrons. The van der Waals surface area contributed by atoms with E-state index >= 15 is 0 Å². The maximum Gasteiger partial charge on any atom is 0.276 e. The minimum atomic E-state index is -0.461. The molecule has 0 atom stereocenters. The van der Waals surface area contributed by atoms with Crippen molar-refractivity contribution in [3.05, 3.63) is 58.5 Å². The van der Waals surface area contributed by atoms with Crippen LogP contribution in [0.4, 0.5) is 0 Å². The van der Waals surface area contributed by atoms with Gasteiger partial charge in [-0.3, -0.25) is 25.8 Å². The number of thiocarbonyl (C=S) groups is 1. The molecule has 3 N–H and O–H groups in total. The molecule has 0 radical (unpaired) electrons. The average Bonchev–Trinajstić information content (AvgIpc) is 3.03. The smallest absolute Gasteiger partial charge is 0.276 e. The molecule has 1 heterocycles. The molecular weight excluding hydrogens is 422 g/mol. The van der Waals surface area contributed by atoms with Crippen molar-refractivity contribution >= 4 is 51.2 Å². The molecule has 0 aliphatic carbocycles. The first kappa shape index (κ1) is 19.7. The number of nitrogens with one attached hydrogen (secondary N) is 3. The van der Waals surface area contributed by atoms with Crippen LogP contribution in [-0.2, 0) is 9.59 Å². The van der Waals surface area contributed by atoms with E-state index in [4.69, 9.17) is 21.4 Å². The molecule has 0 unspecified atom stereocenters. The quantitative estimate of drug-likeness (QED) is 0.378. The van der Waals surface area contributed by atoms with Gasteiger partial charge in [-0.2, -0.15) is 0 Å². The van der Waals surface area contributed by atoms with Gasteiger partial charge >= 0.3 is 0 Å². The molecule has 0 bridgehead atoms. The molecule has 26 heavy (non-hydrogen) atoms. The van der Waals surface area contributed by atoms with Crippen LogP contribution in [0.25, 0.3) is 6.08 Å². The van der Waals surface area contributed by atoms with Crippen LogP contribution in [0.1, 0.15) is 11.5 Å². The summed E-state index contributed by atoms with van der Waals surface area (Å²) in [6, 6.07) is 10.6. The summed E-state index contributed by atoms with van der Waals surface area (Å²) in [5.74, 6) is 0.936. The maximum atomic E-state index is 11.7. The third-order valence-corrected chi connectivity index (χ3v) is 3.63. The number of ether oxygens (including phenoxy) is 1. The lowest BCUT2D eigenvalue weighted by Crippen LogP contribution is -2.49. The lowest BCUT2D eigenvalue weighted by atomic mass is 10.3. The van der Waals surface area contributed by atoms with E-state index in [9.17, 15) is 9.59 Å². The van der Waals surface area contributed by atoms with E-state index < -0.39 is 11.8 Å². The van der Waals surface area contributed by atoms with Gasteiger partial charge in [0.15, 0.2) is 11.7 Å². The number of benzene rings is 1. The number of carbonyl (C=O) groups is 2. The molecule has 2 rings (SSSR count). The van der Waals surface area contributed by atoms with Crippen molar-refractivity contribution in [1.82, 2.24) is 16.2 Å². The minimum Gasteiger partial charge on any atom is -0.484 e. The van der Waals surface area contributed by atoms with Crippen LogP contribution in [0.2, 0.25) is 0 Å². The zero-order valence-electron chi connectivity index (χ0n) is 13.7. The Morgan fingerprint density at radius 3 is 2.58 bits per heavy atom. The fourth-order valence-electron chi connectivity index (χ4n) is 1.73. The van der Waals surface area contributed by atoms with E-state index in [0.717, 1.165) is 10.2 Å². The number of hydrogen-bond acceptors (Lipinski definition) is 5. The summed E-state index contributed by atoms with van der Waals surface area (Å²) in [5, 5.41) is 2.34. The van der Waals surface area contributed by atoms with Gasteiger partial charge in [0.1, 0.15) is 17.3 Å². The number of furan rings is 1. The van der Waals surface area contributed by atoms with Crippen LogP contribution in [0.15, 0.2) is 51.4 Å². The molecule has 0 saturated heterocycles. The fraction of sp³-hybridized carbons (Fsp3) is 0.118. The zero-order chi connectivity index (χ0) is 18.9. The van der Waals surface area contributed by atoms with Crippen molar-refractivity contribution in [2.45, 2.75) is 6.92 Å². The number of aryl methyl sites for hydroxylation is 1. The standard InChI is InChI=1S/C17H16BrN3O4S/c1-11-2-5-14(25-11)8-9-15(22)19-17(26)21-20-16(23)10-24-13-6-3-12(18)4-7-13/h2-9H,10H2,1H3,(H,20,23)(H2,19,21,22,26). The van der Waals surface area contributed by atoms with Gasteiger partial charge in [-0.05, 0) is 61.6 Å². The highest BCUT2D eigenvalue weighted by molar-refractivity contribution is 9.10. The van der Waals surface area contributed by atoms with Gasteiger partial charge in [-0.15, -0.1) is 0 Å². The lowest BCUT2D eigenvalue weighted by Gasteiger charge is -2.10. The minimum absolute atomic E-state index is 0.0488. The summed E-state index contributed by atoms with van der Waals surface area (Å²) in [7, 11) is 0. The molecule has 0 aliphatic rings. The second-order valence-corrected chi connectivity index (χ2v) is 6.34. The Morgan fingerprint density at radius 1 is 1.19 bits per heavy atom. The molecule has 7 nitrogen and oxygen atoms in total. The second kappa shape index (κ2) is 9.73. The summed E-state index contributed by atoms with van der Waals surface area (Å²) in [6.45, 7) is 1.60. The number of rotatable bonds is 5. The van der Waals surface area contributed by atoms with E-state index in [1.165, 1.54) is 12.2 Å². The molecule has 0 aliphatic heterocycles. The van der Waals surface area contributed by atoms with Gasteiger partial charge < -0.3 is 9.15 Å². The highest BCUT2D eigenvalue weighted by Gasteiger charge is 2.05. The first-order chi connectivity index (χ1) is 12.4. The second-order valence-electron chi connectivity index (χ2n) is 5.02. The average molecular weight is 438 g/mol. The highest BCUT2D eigenvalue weighted by Crippen LogP contribution is 2.15. The number of carbonyl (C=O) groups excluding carboxylic acids is 2. The Balaban J connectivity index is 1.67. The SMILES string of the molecule is Cc1ccc(C=CC(=O)NC(=S)NNC(=O)COc2ccc(Br)cc2)o1. The van der Waals surface area contributed by atoms with Crippen molar-refractivity contribution in [3.8, 4) is 5.75 Å². The number of hydrogen-bond donors (Lipinski definition) is 3. The Hall–Kier alpha value is -2.65. The normalized spacial score (nSPS) is 10.4. The monoisotopic (exact) mass is 437 g/mol. The fourth-order valence-corrected chi connectivity index (χ4v) is 2.14. The maximum absolute atomic E-state index is 11.7. The van der Waals surface area contributed by atoms with E-state index in [1.807, 2.05) is 0 Å². The van der Waals surface area contributed by atoms with Gasteiger partial charge in [-0.1, -0.05) is 15.9 Å². The van der Waals surface area contributed by atoms with Crippen LogP contribution < -0.4 is 20.9 Å². The molecule has 2 aromatic rings. The van der Waals surface area contributed by atoms with Crippen molar-refractivity contribution in [2.75, 3.05) is 6.61 Å². The van der Waals surface area contributed by atoms with Crippen molar-refractivity contribution < 1.29 is 18.7 Å². The van der Waals surface area contributed by atoms with Gasteiger partial charge in [-0.25, -0.2) is 0 Å². The number of hydrazine groups is 1. The van der Waals surface area contributed by atoms with Gasteiger partial charge in [0, 0.05) is 10.5 Å². The van der Waals surface area contributed by atoms with E-state index in [0.29, 0.717) is 11.5 Å². The first-order valence-electron chi connectivity index (χ1n) is 7.45. The van der Waals surface area contributed by atoms with Crippen molar-refractivity contribution in [2.24, 2.45) is 0 Å². The van der Waals surface area contributed by atoms with Crippen LogP contribution in [0, 0.1) is 6.92 Å². The zero-order valence-corrected chi connectivity index (χ0v) is 16.1. The lowest BCUT2D eigenvalue weighted by molar-refractivity contribution is -0.123. The van der Waals surface area contributed by atoms with E-state index in [1.54, 1.807) is 43.3 Å². The summed E-state index contributed by atoms with van der Waals surface area (Å²) in [6.07, 6.45) is 2.78. The molecule has 1 aromatic carbocycles. The van der Waals surface area contributed by atoms with Gasteiger partial charge in [0.25, 0.3) is 5.91 Å².